The van der Waals surface area contributed by atoms with Gasteiger partial charge in [-0.05, 0) is 141 Å². The minimum absolute atomic E-state index is 0.118. The van der Waals surface area contributed by atoms with Crippen LogP contribution in [0.25, 0.3) is 0 Å². The molecule has 0 aromatic rings. The lowest BCUT2D eigenvalue weighted by atomic mass is 9.73. The van der Waals surface area contributed by atoms with Crippen molar-refractivity contribution in [2.75, 3.05) is 0 Å². The Balaban J connectivity index is 1.89. The highest BCUT2D eigenvalue weighted by Gasteiger charge is 2.49. The van der Waals surface area contributed by atoms with Gasteiger partial charge in [0.2, 0.25) is 0 Å². The molecule has 4 N–H and O–H groups in total. The topological polar surface area (TPSA) is 80.9 Å². The van der Waals surface area contributed by atoms with Crippen molar-refractivity contribution in [1.82, 2.24) is 0 Å². The molecule has 238 valence electrons. The summed E-state index contributed by atoms with van der Waals surface area (Å²) in [5.41, 5.74) is -2.14. The van der Waals surface area contributed by atoms with Crippen molar-refractivity contribution in [3.63, 3.8) is 0 Å². The number of rotatable bonds is 15. The molecule has 0 bridgehead atoms. The highest BCUT2D eigenvalue weighted by atomic mass is 79.9. The molecule has 0 saturated heterocycles. The first kappa shape index (κ1) is 37.6. The van der Waals surface area contributed by atoms with E-state index in [-0.39, 0.29) is 42.1 Å². The third kappa shape index (κ3) is 9.94. The maximum Gasteiger partial charge on any atom is 0.0648 e. The maximum atomic E-state index is 11.3. The lowest BCUT2D eigenvalue weighted by Gasteiger charge is -2.37. The number of halogens is 4. The molecule has 2 rings (SSSR count). The molecule has 40 heavy (non-hydrogen) atoms. The molecule has 0 heterocycles. The fourth-order valence-corrected chi connectivity index (χ4v) is 7.83. The van der Waals surface area contributed by atoms with Crippen LogP contribution in [0.4, 0.5) is 0 Å². The highest BCUT2D eigenvalue weighted by Crippen LogP contribution is 2.52. The van der Waals surface area contributed by atoms with Gasteiger partial charge in [0, 0.05) is 9.65 Å². The molecule has 2 saturated carbocycles. The van der Waals surface area contributed by atoms with E-state index in [0.29, 0.717) is 25.7 Å². The highest BCUT2D eigenvalue weighted by molar-refractivity contribution is 9.09. The van der Waals surface area contributed by atoms with E-state index in [1.165, 1.54) is 0 Å². The molecular weight excluding hydrogens is 679 g/mol. The Hall–Kier alpha value is 1.38. The summed E-state index contributed by atoms with van der Waals surface area (Å²) in [5, 5.41) is 45.2. The van der Waals surface area contributed by atoms with E-state index in [9.17, 15) is 20.4 Å². The van der Waals surface area contributed by atoms with Gasteiger partial charge in [0.05, 0.1) is 33.2 Å². The standard InChI is InChI=1S/C32H58Br2Cl2O4/c1-27(2,35)23(33)13-17-31(7,39)21-11-15-29(5,19-21)25(37)9-10-26(38)30(6)16-12-22(20-30)32(8,40)18-14-24(34)28(3,4)36/h21-26,37-40H,9-20H2,1-8H3. The summed E-state index contributed by atoms with van der Waals surface area (Å²) in [6.07, 6.45) is 8.06. The van der Waals surface area contributed by atoms with Gasteiger partial charge in [0.15, 0.2) is 0 Å². The first-order chi connectivity index (χ1) is 17.9. The van der Waals surface area contributed by atoms with Crippen molar-refractivity contribution < 1.29 is 20.4 Å². The van der Waals surface area contributed by atoms with Crippen molar-refractivity contribution in [3.8, 4) is 0 Å². The van der Waals surface area contributed by atoms with E-state index in [2.05, 4.69) is 45.7 Å². The van der Waals surface area contributed by atoms with Crippen molar-refractivity contribution >= 4 is 55.1 Å². The smallest absolute Gasteiger partial charge is 0.0648 e. The van der Waals surface area contributed by atoms with Gasteiger partial charge in [-0.15, -0.1) is 23.2 Å². The van der Waals surface area contributed by atoms with Gasteiger partial charge in [-0.1, -0.05) is 45.7 Å². The average Bonchev–Trinajstić information content (AvgIpc) is 3.44. The van der Waals surface area contributed by atoms with E-state index >= 15 is 0 Å². The summed E-state index contributed by atoms with van der Waals surface area (Å²) >= 11 is 20.2. The van der Waals surface area contributed by atoms with Crippen LogP contribution in [0.1, 0.15) is 132 Å². The number of hydrogen-bond donors (Lipinski definition) is 4. The Morgan fingerprint density at radius 1 is 0.675 bits per heavy atom. The molecule has 2 fully saturated rings. The monoisotopic (exact) mass is 734 g/mol. The zero-order chi connectivity index (χ0) is 30.9. The molecular formula is C32H58Br2Cl2O4. The molecule has 0 aromatic carbocycles. The van der Waals surface area contributed by atoms with Crippen LogP contribution in [-0.2, 0) is 0 Å². The summed E-state index contributed by atoms with van der Waals surface area (Å²) in [7, 11) is 0. The van der Waals surface area contributed by atoms with Crippen LogP contribution in [0.5, 0.6) is 0 Å². The molecule has 0 spiro atoms. The third-order valence-electron chi connectivity index (χ3n) is 10.9. The fraction of sp³-hybridized carbons (Fsp3) is 1.00. The van der Waals surface area contributed by atoms with E-state index in [1.807, 2.05) is 41.5 Å². The molecule has 0 aromatic heterocycles. The number of alkyl halides is 4. The van der Waals surface area contributed by atoms with Crippen LogP contribution >= 0.6 is 55.1 Å². The molecule has 8 heteroatoms. The van der Waals surface area contributed by atoms with Crippen LogP contribution < -0.4 is 0 Å². The second-order valence-corrected chi connectivity index (χ2v) is 19.8. The Labute approximate surface area is 272 Å². The third-order valence-corrected chi connectivity index (χ3v) is 15.2. The molecule has 10 atom stereocenters. The first-order valence-corrected chi connectivity index (χ1v) is 18.0. The van der Waals surface area contributed by atoms with Crippen LogP contribution in [0.3, 0.4) is 0 Å². The maximum absolute atomic E-state index is 11.3. The summed E-state index contributed by atoms with van der Waals surface area (Å²) in [6.45, 7) is 16.1. The lowest BCUT2D eigenvalue weighted by Crippen LogP contribution is -2.39. The van der Waals surface area contributed by atoms with Gasteiger partial charge >= 0.3 is 0 Å². The van der Waals surface area contributed by atoms with E-state index in [1.54, 1.807) is 0 Å². The zero-order valence-electron chi connectivity index (χ0n) is 26.3. The number of hydrogen-bond acceptors (Lipinski definition) is 4. The van der Waals surface area contributed by atoms with Crippen molar-refractivity contribution in [2.45, 2.75) is 175 Å². The molecule has 0 aliphatic heterocycles. The Morgan fingerprint density at radius 3 is 1.25 bits per heavy atom. The van der Waals surface area contributed by atoms with Gasteiger partial charge in [0.1, 0.15) is 0 Å². The minimum atomic E-state index is -0.803. The van der Waals surface area contributed by atoms with Crippen LogP contribution in [0, 0.1) is 22.7 Å². The van der Waals surface area contributed by atoms with Gasteiger partial charge in [0.25, 0.3) is 0 Å². The van der Waals surface area contributed by atoms with Crippen molar-refractivity contribution in [1.29, 1.82) is 0 Å². The largest absolute Gasteiger partial charge is 0.393 e. The molecule has 0 radical (unpaired) electrons. The normalized spacial score (nSPS) is 34.2. The van der Waals surface area contributed by atoms with Crippen molar-refractivity contribution in [2.24, 2.45) is 22.7 Å². The van der Waals surface area contributed by atoms with Gasteiger partial charge in [-0.3, -0.25) is 0 Å². The van der Waals surface area contributed by atoms with Gasteiger partial charge in [-0.2, -0.15) is 0 Å². The zero-order valence-corrected chi connectivity index (χ0v) is 30.9. The van der Waals surface area contributed by atoms with Crippen LogP contribution in [-0.4, -0.2) is 63.2 Å². The SMILES string of the molecule is CC(C)(Cl)C(Br)CCC(C)(O)C1CCC(C)(C(O)CCC(O)C2(C)CCC(C(C)(O)CCC(Br)C(C)(C)Cl)C2)C1. The summed E-state index contributed by atoms with van der Waals surface area (Å²) in [5.74, 6) is 0.267. The lowest BCUT2D eigenvalue weighted by molar-refractivity contribution is -0.0378. The number of aliphatic hydroxyl groups is 4. The van der Waals surface area contributed by atoms with E-state index in [0.717, 1.165) is 51.4 Å². The first-order valence-electron chi connectivity index (χ1n) is 15.4. The number of aliphatic hydroxyl groups excluding tert-OH is 2. The van der Waals surface area contributed by atoms with E-state index in [4.69, 9.17) is 23.2 Å². The second-order valence-electron chi connectivity index (χ2n) is 15.7. The second kappa shape index (κ2) is 13.8. The Bertz CT molecular complexity index is 746. The predicted octanol–water partition coefficient (Wildman–Crippen LogP) is 8.73. The van der Waals surface area contributed by atoms with Gasteiger partial charge < -0.3 is 20.4 Å². The fourth-order valence-electron chi connectivity index (χ4n) is 7.15. The summed E-state index contributed by atoms with van der Waals surface area (Å²) < 4.78 is 0. The summed E-state index contributed by atoms with van der Waals surface area (Å²) in [4.78, 5) is -0.512. The summed E-state index contributed by atoms with van der Waals surface area (Å²) in [6, 6.07) is 0. The molecule has 2 aliphatic carbocycles. The molecule has 4 nitrogen and oxygen atoms in total. The quantitative estimate of drug-likeness (QED) is 0.127. The molecule has 0 amide bonds. The molecule has 10 unspecified atom stereocenters. The van der Waals surface area contributed by atoms with Crippen LogP contribution in [0.2, 0.25) is 0 Å². The Morgan fingerprint density at radius 2 is 0.975 bits per heavy atom. The van der Waals surface area contributed by atoms with Crippen molar-refractivity contribution in [3.05, 3.63) is 0 Å². The average molecular weight is 738 g/mol. The van der Waals surface area contributed by atoms with Gasteiger partial charge in [-0.25, -0.2) is 0 Å². The Kier molecular flexibility index (Phi) is 13.0. The molecule has 2 aliphatic rings. The van der Waals surface area contributed by atoms with Crippen LogP contribution in [0.15, 0.2) is 0 Å². The predicted molar refractivity (Wildman–Crippen MR) is 177 cm³/mol. The minimum Gasteiger partial charge on any atom is -0.393 e. The van der Waals surface area contributed by atoms with E-state index < -0.39 is 23.4 Å².